The molecule has 9 nitrogen and oxygen atoms in total. The number of ether oxygens (including phenoxy) is 2. The molecular formula is C28H34N6O3. The van der Waals surface area contributed by atoms with Crippen LogP contribution in [0.25, 0.3) is 10.9 Å². The van der Waals surface area contributed by atoms with Crippen LogP contribution in [0.2, 0.25) is 0 Å². The lowest BCUT2D eigenvalue weighted by atomic mass is 10.1. The summed E-state index contributed by atoms with van der Waals surface area (Å²) in [6, 6.07) is 17.9. The van der Waals surface area contributed by atoms with Crippen LogP contribution < -0.4 is 10.3 Å². The van der Waals surface area contributed by atoms with E-state index in [-0.39, 0.29) is 17.7 Å². The van der Waals surface area contributed by atoms with E-state index in [1.807, 2.05) is 47.1 Å². The second-order valence-electron chi connectivity index (χ2n) is 9.56. The first-order chi connectivity index (χ1) is 18.1. The highest BCUT2D eigenvalue weighted by atomic mass is 16.5. The Hall–Kier alpha value is -3.56. The average molecular weight is 503 g/mol. The Morgan fingerprint density at radius 2 is 2.08 bits per heavy atom. The van der Waals surface area contributed by atoms with E-state index >= 15 is 0 Å². The molecular weight excluding hydrogens is 468 g/mol. The fourth-order valence-corrected chi connectivity index (χ4v) is 5.14. The highest BCUT2D eigenvalue weighted by Crippen LogP contribution is 2.27. The molecule has 0 saturated carbocycles. The summed E-state index contributed by atoms with van der Waals surface area (Å²) in [4.78, 5) is 18.4. The molecule has 37 heavy (non-hydrogen) atoms. The number of hydrogen-bond donors (Lipinski definition) is 1. The summed E-state index contributed by atoms with van der Waals surface area (Å²) in [5.74, 6) is 1.57. The molecule has 1 fully saturated rings. The van der Waals surface area contributed by atoms with Crippen LogP contribution in [0.15, 0.2) is 59.4 Å². The Balaban J connectivity index is 1.44. The lowest BCUT2D eigenvalue weighted by Gasteiger charge is -2.32. The third kappa shape index (κ3) is 5.89. The largest absolute Gasteiger partial charge is 0.497 e. The number of methoxy groups -OCH3 is 1. The van der Waals surface area contributed by atoms with Crippen molar-refractivity contribution < 1.29 is 9.47 Å². The van der Waals surface area contributed by atoms with E-state index in [4.69, 9.17) is 9.47 Å². The normalized spacial score (nSPS) is 16.5. The zero-order chi connectivity index (χ0) is 25.6. The molecule has 0 spiro atoms. The van der Waals surface area contributed by atoms with E-state index in [1.165, 1.54) is 5.56 Å². The maximum atomic E-state index is 13.1. The number of fused-ring (bicyclic) bond motifs is 1. The predicted molar refractivity (Wildman–Crippen MR) is 141 cm³/mol. The number of aryl methyl sites for hydroxylation is 2. The van der Waals surface area contributed by atoms with Crippen molar-refractivity contribution in [2.75, 3.05) is 20.3 Å². The molecule has 3 heterocycles. The smallest absolute Gasteiger partial charge is 0.252 e. The summed E-state index contributed by atoms with van der Waals surface area (Å²) in [5.41, 5.74) is 2.64. The van der Waals surface area contributed by atoms with Gasteiger partial charge in [0.2, 0.25) is 0 Å². The molecule has 194 valence electrons. The molecule has 5 rings (SSSR count). The molecule has 9 heteroatoms. The predicted octanol–water partition coefficient (Wildman–Crippen LogP) is 3.90. The van der Waals surface area contributed by atoms with Gasteiger partial charge < -0.3 is 14.5 Å². The topological polar surface area (TPSA) is 98.2 Å². The van der Waals surface area contributed by atoms with Gasteiger partial charge >= 0.3 is 0 Å². The minimum atomic E-state index is -0.0893. The average Bonchev–Trinajstić information content (AvgIpc) is 3.61. The second kappa shape index (κ2) is 11.7. The fourth-order valence-electron chi connectivity index (χ4n) is 5.14. The number of aromatic amines is 1. The number of nitrogens with zero attached hydrogens (tertiary/aromatic N) is 5. The number of H-pyrrole nitrogens is 1. The Morgan fingerprint density at radius 3 is 2.84 bits per heavy atom. The Bertz CT molecular complexity index is 1360. The first-order valence-electron chi connectivity index (χ1n) is 13.0. The fraction of sp³-hybridized carbons (Fsp3) is 0.429. The molecule has 2 atom stereocenters. The van der Waals surface area contributed by atoms with E-state index < -0.39 is 0 Å². The van der Waals surface area contributed by atoms with Crippen LogP contribution in [0.5, 0.6) is 5.75 Å². The van der Waals surface area contributed by atoms with Crippen LogP contribution >= 0.6 is 0 Å². The van der Waals surface area contributed by atoms with Gasteiger partial charge in [-0.15, -0.1) is 5.10 Å². The molecule has 0 unspecified atom stereocenters. The first kappa shape index (κ1) is 25.1. The monoisotopic (exact) mass is 502 g/mol. The van der Waals surface area contributed by atoms with Crippen LogP contribution in [-0.4, -0.2) is 56.5 Å². The zero-order valence-corrected chi connectivity index (χ0v) is 21.5. The summed E-state index contributed by atoms with van der Waals surface area (Å²) in [5, 5.41) is 13.7. The Kier molecular flexibility index (Phi) is 7.91. The quantitative estimate of drug-likeness (QED) is 0.332. The van der Waals surface area contributed by atoms with Crippen molar-refractivity contribution in [1.29, 1.82) is 0 Å². The molecule has 0 radical (unpaired) electrons. The molecule has 1 N–H and O–H groups in total. The number of pyridine rings is 1. The molecule has 2 aromatic heterocycles. The van der Waals surface area contributed by atoms with Gasteiger partial charge in [0.25, 0.3) is 5.56 Å². The van der Waals surface area contributed by atoms with Crippen molar-refractivity contribution in [1.82, 2.24) is 30.1 Å². The van der Waals surface area contributed by atoms with Gasteiger partial charge in [-0.3, -0.25) is 9.69 Å². The SMILES string of the molecule is CC[C@@H](c1nnnn1CCc1ccccc1)N(Cc1cc2cc(OC)ccc2[nH]c1=O)C[C@@H]1CCCO1. The first-order valence-corrected chi connectivity index (χ1v) is 13.0. The minimum Gasteiger partial charge on any atom is -0.497 e. The van der Waals surface area contributed by atoms with Crippen LogP contribution in [0.3, 0.4) is 0 Å². The van der Waals surface area contributed by atoms with Crippen molar-refractivity contribution in [3.8, 4) is 5.75 Å². The molecule has 1 aliphatic rings. The van der Waals surface area contributed by atoms with Crippen molar-refractivity contribution >= 4 is 10.9 Å². The Labute approximate surface area is 216 Å². The van der Waals surface area contributed by atoms with Crippen molar-refractivity contribution in [3.63, 3.8) is 0 Å². The zero-order valence-electron chi connectivity index (χ0n) is 21.5. The maximum absolute atomic E-state index is 13.1. The van der Waals surface area contributed by atoms with Crippen LogP contribution in [0.1, 0.15) is 49.2 Å². The van der Waals surface area contributed by atoms with Gasteiger partial charge in [-0.1, -0.05) is 37.3 Å². The van der Waals surface area contributed by atoms with Crippen molar-refractivity contribution in [2.45, 2.75) is 57.8 Å². The lowest BCUT2D eigenvalue weighted by Crippen LogP contribution is -2.37. The summed E-state index contributed by atoms with van der Waals surface area (Å²) in [6.45, 7) is 4.78. The number of aromatic nitrogens is 5. The van der Waals surface area contributed by atoms with Gasteiger partial charge in [-0.05, 0) is 65.9 Å². The van der Waals surface area contributed by atoms with Gasteiger partial charge in [0, 0.05) is 42.7 Å². The van der Waals surface area contributed by atoms with Gasteiger partial charge in [-0.2, -0.15) is 0 Å². The molecule has 2 aromatic carbocycles. The minimum absolute atomic E-state index is 0.0598. The lowest BCUT2D eigenvalue weighted by molar-refractivity contribution is 0.0488. The maximum Gasteiger partial charge on any atom is 0.252 e. The van der Waals surface area contributed by atoms with E-state index in [1.54, 1.807) is 7.11 Å². The number of nitrogens with one attached hydrogen (secondary N) is 1. The number of rotatable bonds is 11. The third-order valence-electron chi connectivity index (χ3n) is 7.10. The molecule has 0 amide bonds. The third-order valence-corrected chi connectivity index (χ3v) is 7.10. The van der Waals surface area contributed by atoms with Gasteiger partial charge in [0.15, 0.2) is 5.82 Å². The Morgan fingerprint density at radius 1 is 1.22 bits per heavy atom. The molecule has 0 bridgehead atoms. The van der Waals surface area contributed by atoms with Crippen LogP contribution in [0, 0.1) is 0 Å². The van der Waals surface area contributed by atoms with E-state index in [0.29, 0.717) is 25.2 Å². The van der Waals surface area contributed by atoms with Crippen LogP contribution in [-0.2, 0) is 24.2 Å². The summed E-state index contributed by atoms with van der Waals surface area (Å²) in [6.07, 6.45) is 3.84. The summed E-state index contributed by atoms with van der Waals surface area (Å²) in [7, 11) is 1.64. The van der Waals surface area contributed by atoms with Crippen LogP contribution in [0.4, 0.5) is 0 Å². The molecule has 4 aromatic rings. The molecule has 1 saturated heterocycles. The number of tetrazole rings is 1. The van der Waals surface area contributed by atoms with E-state index in [9.17, 15) is 4.79 Å². The molecule has 1 aliphatic heterocycles. The van der Waals surface area contributed by atoms with E-state index in [2.05, 4.69) is 44.5 Å². The summed E-state index contributed by atoms with van der Waals surface area (Å²) < 4.78 is 13.3. The second-order valence-corrected chi connectivity index (χ2v) is 9.56. The van der Waals surface area contributed by atoms with Crippen molar-refractivity contribution in [2.24, 2.45) is 0 Å². The highest BCUT2D eigenvalue weighted by Gasteiger charge is 2.29. The molecule has 0 aliphatic carbocycles. The van der Waals surface area contributed by atoms with Gasteiger partial charge in [0.05, 0.1) is 19.3 Å². The number of hydrogen-bond acceptors (Lipinski definition) is 7. The van der Waals surface area contributed by atoms with Gasteiger partial charge in [0.1, 0.15) is 5.75 Å². The van der Waals surface area contributed by atoms with Crippen molar-refractivity contribution in [3.05, 3.63) is 81.9 Å². The van der Waals surface area contributed by atoms with Gasteiger partial charge in [-0.25, -0.2) is 4.68 Å². The van der Waals surface area contributed by atoms with E-state index in [0.717, 1.165) is 54.8 Å². The number of benzene rings is 2. The standard InChI is InChI=1S/C28H34N6O3/c1-3-26(27-30-31-32-34(27)14-13-20-8-5-4-6-9-20)33(19-24-10-7-15-37-24)18-22-16-21-17-23(36-2)11-12-25(21)29-28(22)35/h4-6,8-9,11-12,16-17,24,26H,3,7,10,13-15,18-19H2,1-2H3,(H,29,35)/t24-,26-/m0/s1. The summed E-state index contributed by atoms with van der Waals surface area (Å²) >= 11 is 0. The highest BCUT2D eigenvalue weighted by molar-refractivity contribution is 5.80.